The second-order valence-electron chi connectivity index (χ2n) is 8.19. The van der Waals surface area contributed by atoms with Gasteiger partial charge in [-0.1, -0.05) is 41.4 Å². The molecule has 0 aliphatic heterocycles. The molecule has 1 heterocycles. The summed E-state index contributed by atoms with van der Waals surface area (Å²) in [7, 11) is 1.56. The molecule has 0 saturated carbocycles. The van der Waals surface area contributed by atoms with Gasteiger partial charge in [-0.15, -0.1) is 0 Å². The molecule has 1 unspecified atom stereocenters. The Morgan fingerprint density at radius 2 is 1.86 bits per heavy atom. The molecule has 35 heavy (non-hydrogen) atoms. The molecule has 4 aromatic rings. The van der Waals surface area contributed by atoms with Crippen molar-refractivity contribution < 1.29 is 9.53 Å². The maximum absolute atomic E-state index is 13.8. The van der Waals surface area contributed by atoms with Crippen LogP contribution in [0, 0.1) is 6.92 Å². The van der Waals surface area contributed by atoms with Gasteiger partial charge in [0.05, 0.1) is 40.3 Å². The number of nitrogens with zero attached hydrogens (tertiary/aromatic N) is 3. The third-order valence-corrected chi connectivity index (χ3v) is 6.53. The van der Waals surface area contributed by atoms with Crippen molar-refractivity contribution in [1.82, 2.24) is 14.5 Å². The highest BCUT2D eigenvalue weighted by molar-refractivity contribution is 6.36. The predicted molar refractivity (Wildman–Crippen MR) is 140 cm³/mol. The van der Waals surface area contributed by atoms with Gasteiger partial charge < -0.3 is 9.64 Å². The van der Waals surface area contributed by atoms with E-state index < -0.39 is 6.04 Å². The number of carbonyl (C=O) groups excluding carboxylic acids is 1. The molecular weight excluding hydrogens is 485 g/mol. The van der Waals surface area contributed by atoms with Crippen LogP contribution >= 0.6 is 23.2 Å². The third-order valence-electron chi connectivity index (χ3n) is 5.98. The van der Waals surface area contributed by atoms with Crippen LogP contribution in [0.4, 0.5) is 0 Å². The second-order valence-corrected chi connectivity index (χ2v) is 9.04. The van der Waals surface area contributed by atoms with Crippen molar-refractivity contribution in [3.63, 3.8) is 0 Å². The highest BCUT2D eigenvalue weighted by Crippen LogP contribution is 2.30. The third kappa shape index (κ3) is 4.64. The molecule has 0 fully saturated rings. The first kappa shape index (κ1) is 24.8. The van der Waals surface area contributed by atoms with Crippen LogP contribution in [0.25, 0.3) is 16.6 Å². The standard InChI is InChI=1S/C27H25Cl2N3O3/c1-5-31(26(33)19-12-11-18(28)15-21(19)29)17(3)25-30-22-9-7-6-8-20(22)27(34)32(25)23-14-16(2)10-13-24(23)35-4/h6-15,17H,5H2,1-4H3. The fraction of sp³-hybridized carbons (Fsp3) is 0.222. The molecule has 1 aromatic heterocycles. The maximum atomic E-state index is 13.8. The van der Waals surface area contributed by atoms with E-state index in [9.17, 15) is 9.59 Å². The van der Waals surface area contributed by atoms with E-state index in [0.29, 0.717) is 45.3 Å². The Labute approximate surface area is 213 Å². The number of carbonyl (C=O) groups is 1. The van der Waals surface area contributed by atoms with Gasteiger partial charge in [-0.2, -0.15) is 0 Å². The first-order valence-corrected chi connectivity index (χ1v) is 11.9. The summed E-state index contributed by atoms with van der Waals surface area (Å²) in [6.45, 7) is 6.03. The van der Waals surface area contributed by atoms with Crippen LogP contribution in [0.3, 0.4) is 0 Å². The highest BCUT2D eigenvalue weighted by Gasteiger charge is 2.28. The van der Waals surface area contributed by atoms with Crippen molar-refractivity contribution in [2.75, 3.05) is 13.7 Å². The minimum atomic E-state index is -0.568. The molecule has 6 nitrogen and oxygen atoms in total. The van der Waals surface area contributed by atoms with Gasteiger partial charge in [0.1, 0.15) is 11.6 Å². The van der Waals surface area contributed by atoms with Crippen LogP contribution < -0.4 is 10.3 Å². The fourth-order valence-corrected chi connectivity index (χ4v) is 4.68. The summed E-state index contributed by atoms with van der Waals surface area (Å²) < 4.78 is 7.13. The first-order chi connectivity index (χ1) is 16.8. The average Bonchev–Trinajstić information content (AvgIpc) is 2.84. The molecule has 0 N–H and O–H groups in total. The molecule has 0 aliphatic rings. The Hall–Kier alpha value is -3.35. The number of hydrogen-bond acceptors (Lipinski definition) is 4. The molecule has 0 aliphatic carbocycles. The number of fused-ring (bicyclic) bond motifs is 1. The number of aromatic nitrogens is 2. The van der Waals surface area contributed by atoms with Crippen molar-refractivity contribution >= 4 is 40.0 Å². The fourth-order valence-electron chi connectivity index (χ4n) is 4.19. The zero-order valence-corrected chi connectivity index (χ0v) is 21.4. The van der Waals surface area contributed by atoms with Gasteiger partial charge in [0.2, 0.25) is 0 Å². The highest BCUT2D eigenvalue weighted by atomic mass is 35.5. The van der Waals surface area contributed by atoms with Gasteiger partial charge in [0.25, 0.3) is 11.5 Å². The van der Waals surface area contributed by atoms with Crippen molar-refractivity contribution in [1.29, 1.82) is 0 Å². The Morgan fingerprint density at radius 3 is 2.54 bits per heavy atom. The van der Waals surface area contributed by atoms with E-state index in [4.69, 9.17) is 32.9 Å². The summed E-state index contributed by atoms with van der Waals surface area (Å²) in [5.41, 5.74) is 2.15. The summed E-state index contributed by atoms with van der Waals surface area (Å²) in [5.74, 6) is 0.656. The second kappa shape index (κ2) is 10.1. The molecule has 8 heteroatoms. The molecule has 4 rings (SSSR count). The van der Waals surface area contributed by atoms with Crippen LogP contribution in [0.1, 0.15) is 41.6 Å². The van der Waals surface area contributed by atoms with Gasteiger partial charge in [0.15, 0.2) is 0 Å². The van der Waals surface area contributed by atoms with E-state index in [1.807, 2.05) is 45.0 Å². The number of hydrogen-bond donors (Lipinski definition) is 0. The summed E-state index contributed by atoms with van der Waals surface area (Å²) in [4.78, 5) is 33.8. The Morgan fingerprint density at radius 1 is 1.11 bits per heavy atom. The Kier molecular flexibility index (Phi) is 7.15. The number of amides is 1. The molecule has 1 atom stereocenters. The molecule has 0 bridgehead atoms. The Bertz CT molecular complexity index is 1480. The van der Waals surface area contributed by atoms with Crippen molar-refractivity contribution in [3.05, 3.63) is 98.0 Å². The molecule has 0 radical (unpaired) electrons. The predicted octanol–water partition coefficient (Wildman–Crippen LogP) is 6.23. The SMILES string of the molecule is CCN(C(=O)c1ccc(Cl)cc1Cl)C(C)c1nc2ccccc2c(=O)n1-c1cc(C)ccc1OC. The molecular formula is C27H25Cl2N3O3. The summed E-state index contributed by atoms with van der Waals surface area (Å²) in [5, 5.41) is 1.18. The largest absolute Gasteiger partial charge is 0.495 e. The lowest BCUT2D eigenvalue weighted by Crippen LogP contribution is -2.37. The number of benzene rings is 3. The van der Waals surface area contributed by atoms with E-state index in [2.05, 4.69) is 0 Å². The van der Waals surface area contributed by atoms with Crippen LogP contribution in [0.15, 0.2) is 65.5 Å². The smallest absolute Gasteiger partial charge is 0.266 e. The monoisotopic (exact) mass is 509 g/mol. The van der Waals surface area contributed by atoms with Crippen molar-refractivity contribution in [2.45, 2.75) is 26.8 Å². The van der Waals surface area contributed by atoms with Crippen molar-refractivity contribution in [3.8, 4) is 11.4 Å². The maximum Gasteiger partial charge on any atom is 0.266 e. The van der Waals surface area contributed by atoms with Crippen LogP contribution in [0.2, 0.25) is 10.0 Å². The number of rotatable bonds is 6. The van der Waals surface area contributed by atoms with Gasteiger partial charge in [-0.25, -0.2) is 4.98 Å². The minimum Gasteiger partial charge on any atom is -0.495 e. The summed E-state index contributed by atoms with van der Waals surface area (Å²) >= 11 is 12.4. The van der Waals surface area contributed by atoms with Gasteiger partial charge in [-0.05, 0) is 68.8 Å². The summed E-state index contributed by atoms with van der Waals surface area (Å²) in [6.07, 6.45) is 0. The molecule has 0 saturated heterocycles. The number of halogens is 2. The van der Waals surface area contributed by atoms with Crippen LogP contribution in [-0.4, -0.2) is 34.0 Å². The van der Waals surface area contributed by atoms with Crippen LogP contribution in [0.5, 0.6) is 5.75 Å². The number of ether oxygens (including phenoxy) is 1. The molecule has 3 aromatic carbocycles. The average molecular weight is 510 g/mol. The summed E-state index contributed by atoms with van der Waals surface area (Å²) in [6, 6.07) is 17.0. The molecule has 180 valence electrons. The zero-order valence-electron chi connectivity index (χ0n) is 19.9. The molecule has 1 amide bonds. The number of para-hydroxylation sites is 1. The van der Waals surface area contributed by atoms with E-state index in [-0.39, 0.29) is 16.5 Å². The topological polar surface area (TPSA) is 64.4 Å². The van der Waals surface area contributed by atoms with E-state index in [1.54, 1.807) is 42.3 Å². The van der Waals surface area contributed by atoms with Crippen molar-refractivity contribution in [2.24, 2.45) is 0 Å². The van der Waals surface area contributed by atoms with Gasteiger partial charge in [0, 0.05) is 11.6 Å². The van der Waals surface area contributed by atoms with E-state index >= 15 is 0 Å². The van der Waals surface area contributed by atoms with Gasteiger partial charge in [-0.3, -0.25) is 14.2 Å². The lowest BCUT2D eigenvalue weighted by molar-refractivity contribution is 0.0693. The quantitative estimate of drug-likeness (QED) is 0.308. The normalized spacial score (nSPS) is 11.9. The van der Waals surface area contributed by atoms with E-state index in [0.717, 1.165) is 5.56 Å². The molecule has 0 spiro atoms. The minimum absolute atomic E-state index is 0.241. The van der Waals surface area contributed by atoms with Crippen LogP contribution in [-0.2, 0) is 0 Å². The Balaban J connectivity index is 1.95. The zero-order chi connectivity index (χ0) is 25.3. The first-order valence-electron chi connectivity index (χ1n) is 11.2. The number of aryl methyl sites for hydroxylation is 1. The van der Waals surface area contributed by atoms with E-state index in [1.165, 1.54) is 10.6 Å². The lowest BCUT2D eigenvalue weighted by Gasteiger charge is -2.30. The number of methoxy groups -OCH3 is 1. The van der Waals surface area contributed by atoms with Gasteiger partial charge >= 0.3 is 0 Å². The lowest BCUT2D eigenvalue weighted by atomic mass is 10.1.